The molecule has 3 rings (SSSR count). The van der Waals surface area contributed by atoms with Crippen LogP contribution in [0.15, 0.2) is 95.7 Å². The third-order valence-electron chi connectivity index (χ3n) is 4.90. The highest BCUT2D eigenvalue weighted by Gasteiger charge is 2.15. The summed E-state index contributed by atoms with van der Waals surface area (Å²) in [5, 5.41) is 6.82. The maximum Gasteiger partial charge on any atom is 0.287 e. The fourth-order valence-corrected chi connectivity index (χ4v) is 3.07. The second-order valence-electron chi connectivity index (χ2n) is 7.43. The molecule has 3 aromatic rings. The van der Waals surface area contributed by atoms with Crippen molar-refractivity contribution in [3.05, 3.63) is 107 Å². The van der Waals surface area contributed by atoms with Gasteiger partial charge in [-0.3, -0.25) is 9.59 Å². The van der Waals surface area contributed by atoms with Crippen molar-refractivity contribution in [1.29, 1.82) is 0 Å². The van der Waals surface area contributed by atoms with Gasteiger partial charge in [-0.05, 0) is 54.5 Å². The van der Waals surface area contributed by atoms with Crippen LogP contribution in [-0.4, -0.2) is 31.7 Å². The zero-order chi connectivity index (χ0) is 25.0. The summed E-state index contributed by atoms with van der Waals surface area (Å²) in [6.07, 6.45) is 5.22. The number of ether oxygens (including phenoxy) is 2. The van der Waals surface area contributed by atoms with Gasteiger partial charge in [0.25, 0.3) is 11.8 Å². The van der Waals surface area contributed by atoms with E-state index in [1.165, 1.54) is 7.11 Å². The van der Waals surface area contributed by atoms with Crippen LogP contribution in [0.5, 0.6) is 11.5 Å². The molecule has 0 aliphatic heterocycles. The number of methoxy groups -OCH3 is 2. The number of amides is 2. The number of nitrogens with one attached hydrogen (secondary N) is 2. The van der Waals surface area contributed by atoms with Crippen molar-refractivity contribution in [3.63, 3.8) is 0 Å². The summed E-state index contributed by atoms with van der Waals surface area (Å²) in [5.74, 6) is 0.0541. The van der Waals surface area contributed by atoms with Crippen LogP contribution in [0.2, 0.25) is 0 Å². The van der Waals surface area contributed by atoms with Crippen LogP contribution in [0.4, 0.5) is 0 Å². The van der Waals surface area contributed by atoms with Crippen molar-refractivity contribution in [2.75, 3.05) is 14.2 Å². The zero-order valence-electron chi connectivity index (χ0n) is 19.8. The summed E-state index contributed by atoms with van der Waals surface area (Å²) in [4.78, 5) is 25.7. The molecule has 0 heterocycles. The Bertz CT molecular complexity index is 1250. The Morgan fingerprint density at radius 1 is 0.829 bits per heavy atom. The maximum absolute atomic E-state index is 13.0. The number of benzene rings is 3. The molecule has 2 amide bonds. The van der Waals surface area contributed by atoms with Crippen LogP contribution in [0.1, 0.15) is 28.4 Å². The minimum Gasteiger partial charge on any atom is -0.493 e. The van der Waals surface area contributed by atoms with Gasteiger partial charge >= 0.3 is 0 Å². The first-order valence-corrected chi connectivity index (χ1v) is 10.9. The molecule has 2 N–H and O–H groups in total. The lowest BCUT2D eigenvalue weighted by molar-refractivity contribution is -0.117. The van der Waals surface area contributed by atoms with Crippen molar-refractivity contribution in [2.45, 2.75) is 6.92 Å². The normalized spacial score (nSPS) is 11.7. The van der Waals surface area contributed by atoms with Gasteiger partial charge in [0, 0.05) is 5.56 Å². The van der Waals surface area contributed by atoms with E-state index in [0.29, 0.717) is 28.3 Å². The van der Waals surface area contributed by atoms with E-state index in [0.717, 1.165) is 5.56 Å². The largest absolute Gasteiger partial charge is 0.493 e. The van der Waals surface area contributed by atoms with E-state index in [9.17, 15) is 9.59 Å². The topological polar surface area (TPSA) is 89.0 Å². The van der Waals surface area contributed by atoms with Crippen LogP contribution in [0.3, 0.4) is 0 Å². The Balaban J connectivity index is 1.84. The highest BCUT2D eigenvalue weighted by molar-refractivity contribution is 6.06. The third-order valence-corrected chi connectivity index (χ3v) is 4.90. The van der Waals surface area contributed by atoms with Crippen LogP contribution >= 0.6 is 0 Å². The first-order chi connectivity index (χ1) is 17.0. The summed E-state index contributed by atoms with van der Waals surface area (Å²) < 4.78 is 10.6. The molecule has 7 nitrogen and oxygen atoms in total. The fraction of sp³-hybridized carbons (Fsp3) is 0.107. The van der Waals surface area contributed by atoms with Crippen LogP contribution in [0.25, 0.3) is 12.2 Å². The van der Waals surface area contributed by atoms with E-state index in [1.54, 1.807) is 68.7 Å². The lowest BCUT2D eigenvalue weighted by Gasteiger charge is -2.11. The molecule has 0 bridgehead atoms. The van der Waals surface area contributed by atoms with E-state index >= 15 is 0 Å². The first kappa shape index (κ1) is 25.0. The number of nitrogens with zero attached hydrogens (tertiary/aromatic N) is 1. The van der Waals surface area contributed by atoms with Crippen LogP contribution < -0.4 is 20.2 Å². The maximum atomic E-state index is 13.0. The highest BCUT2D eigenvalue weighted by Crippen LogP contribution is 2.28. The average molecular weight is 470 g/mol. The second kappa shape index (κ2) is 12.6. The van der Waals surface area contributed by atoms with E-state index in [2.05, 4.69) is 15.8 Å². The molecule has 0 aromatic heterocycles. The molecule has 3 aromatic carbocycles. The van der Waals surface area contributed by atoms with Crippen molar-refractivity contribution in [2.24, 2.45) is 5.10 Å². The number of carbonyl (C=O) groups is 2. The molecule has 0 fully saturated rings. The quantitative estimate of drug-likeness (QED) is 0.271. The van der Waals surface area contributed by atoms with Crippen molar-refractivity contribution in [1.82, 2.24) is 10.7 Å². The number of hydrazone groups is 1. The molecule has 0 spiro atoms. The standard InChI is InChI=1S/C28H27N3O4/c1-20(14-15-21-10-6-4-7-11-21)30-31-28(33)24(29-27(32)23-12-8-5-9-13-23)18-22-16-17-25(34-2)26(19-22)35-3/h4-19H,1-3H3,(H,29,32)(H,31,33)/b15-14+,24-18+,30-20+. The monoisotopic (exact) mass is 469 g/mol. The minimum absolute atomic E-state index is 0.0228. The summed E-state index contributed by atoms with van der Waals surface area (Å²) in [7, 11) is 3.06. The van der Waals surface area contributed by atoms with Crippen LogP contribution in [0, 0.1) is 0 Å². The van der Waals surface area contributed by atoms with Gasteiger partial charge in [-0.1, -0.05) is 60.7 Å². The average Bonchev–Trinajstić information content (AvgIpc) is 2.91. The molecule has 0 aliphatic rings. The van der Waals surface area contributed by atoms with Gasteiger partial charge in [-0.2, -0.15) is 5.10 Å². The number of carbonyl (C=O) groups excluding carboxylic acids is 2. The van der Waals surface area contributed by atoms with Crippen molar-refractivity contribution < 1.29 is 19.1 Å². The summed E-state index contributed by atoms with van der Waals surface area (Å²) in [6.45, 7) is 1.76. The molecule has 0 atom stereocenters. The number of allylic oxidation sites excluding steroid dienone is 1. The Morgan fingerprint density at radius 3 is 2.14 bits per heavy atom. The molecule has 0 unspecified atom stereocenters. The Morgan fingerprint density at radius 2 is 1.49 bits per heavy atom. The SMILES string of the molecule is COc1ccc(/C=C(/NC(=O)c2ccccc2)C(=O)N/N=C(C)/C=C/c2ccccc2)cc1OC. The Hall–Kier alpha value is -4.65. The number of hydrogen-bond donors (Lipinski definition) is 2. The molecule has 0 radical (unpaired) electrons. The third kappa shape index (κ3) is 7.43. The summed E-state index contributed by atoms with van der Waals surface area (Å²) >= 11 is 0. The van der Waals surface area contributed by atoms with Gasteiger partial charge in [-0.25, -0.2) is 5.43 Å². The van der Waals surface area contributed by atoms with Crippen molar-refractivity contribution in [3.8, 4) is 11.5 Å². The van der Waals surface area contributed by atoms with Gasteiger partial charge in [0.05, 0.1) is 19.9 Å². The fourth-order valence-electron chi connectivity index (χ4n) is 3.07. The first-order valence-electron chi connectivity index (χ1n) is 10.9. The summed E-state index contributed by atoms with van der Waals surface area (Å²) in [5.41, 5.74) is 5.18. The van der Waals surface area contributed by atoms with Crippen molar-refractivity contribution >= 4 is 29.7 Å². The second-order valence-corrected chi connectivity index (χ2v) is 7.43. The van der Waals surface area contributed by atoms with E-state index in [1.807, 2.05) is 42.5 Å². The van der Waals surface area contributed by atoms with E-state index in [-0.39, 0.29) is 5.70 Å². The lowest BCUT2D eigenvalue weighted by atomic mass is 10.1. The highest BCUT2D eigenvalue weighted by atomic mass is 16.5. The molecular formula is C28H27N3O4. The molecule has 7 heteroatoms. The molecular weight excluding hydrogens is 442 g/mol. The van der Waals surface area contributed by atoms with E-state index < -0.39 is 11.8 Å². The predicted octanol–water partition coefficient (Wildman–Crippen LogP) is 4.68. The number of hydrogen-bond acceptors (Lipinski definition) is 5. The van der Waals surface area contributed by atoms with Gasteiger partial charge < -0.3 is 14.8 Å². The minimum atomic E-state index is -0.573. The molecule has 178 valence electrons. The van der Waals surface area contributed by atoms with E-state index in [4.69, 9.17) is 9.47 Å². The zero-order valence-corrected chi connectivity index (χ0v) is 19.8. The molecule has 0 saturated heterocycles. The molecule has 0 aliphatic carbocycles. The van der Waals surface area contributed by atoms with Gasteiger partial charge in [0.1, 0.15) is 5.70 Å². The Kier molecular flexibility index (Phi) is 8.96. The van der Waals surface area contributed by atoms with Gasteiger partial charge in [0.2, 0.25) is 0 Å². The van der Waals surface area contributed by atoms with Crippen LogP contribution in [-0.2, 0) is 4.79 Å². The number of rotatable bonds is 9. The summed E-state index contributed by atoms with van der Waals surface area (Å²) in [6, 6.07) is 23.6. The predicted molar refractivity (Wildman–Crippen MR) is 138 cm³/mol. The lowest BCUT2D eigenvalue weighted by Crippen LogP contribution is -2.33. The molecule has 35 heavy (non-hydrogen) atoms. The van der Waals surface area contributed by atoms with Gasteiger partial charge in [-0.15, -0.1) is 0 Å². The van der Waals surface area contributed by atoms with Gasteiger partial charge in [0.15, 0.2) is 11.5 Å². The molecule has 0 saturated carbocycles. The Labute approximate surface area is 204 Å². The smallest absolute Gasteiger partial charge is 0.287 e.